The van der Waals surface area contributed by atoms with Crippen molar-refractivity contribution in [3.8, 4) is 0 Å². The number of carbonyl (C=O) groups excluding carboxylic acids is 4. The molecule has 0 aromatic heterocycles. The van der Waals surface area contributed by atoms with Crippen LogP contribution in [-0.2, 0) is 32.3 Å². The number of non-ortho nitro benzene ring substituents is 2. The second-order valence-corrected chi connectivity index (χ2v) is 11.6. The Morgan fingerprint density at radius 2 is 1.38 bits per heavy atom. The maximum Gasteiger partial charge on any atom is 0.410 e. The average molecular weight is 675 g/mol. The molecule has 2 aromatic rings. The summed E-state index contributed by atoms with van der Waals surface area (Å²) in [6.07, 6.45) is -2.65. The predicted octanol–water partition coefficient (Wildman–Crippen LogP) is 1.86. The normalized spacial score (nSPS) is 18.3. The van der Waals surface area contributed by atoms with Gasteiger partial charge in [0.15, 0.2) is 0 Å². The van der Waals surface area contributed by atoms with Crippen molar-refractivity contribution in [3.63, 3.8) is 0 Å². The highest BCUT2D eigenvalue weighted by Gasteiger charge is 2.42. The topological polar surface area (TPSA) is 215 Å². The molecule has 17 nitrogen and oxygen atoms in total. The zero-order chi connectivity index (χ0) is 34.1. The smallest absolute Gasteiger partial charge is 0.410 e. The van der Waals surface area contributed by atoms with Crippen LogP contribution in [0.5, 0.6) is 0 Å². The van der Waals surface area contributed by atoms with Crippen LogP contribution in [0.1, 0.15) is 24.0 Å². The molecule has 4 amide bonds. The van der Waals surface area contributed by atoms with Crippen LogP contribution in [-0.4, -0.2) is 110 Å². The van der Waals surface area contributed by atoms with Gasteiger partial charge in [-0.05, 0) is 48.2 Å². The number of nitro groups is 2. The van der Waals surface area contributed by atoms with E-state index in [4.69, 9.17) is 9.47 Å². The van der Waals surface area contributed by atoms with Crippen LogP contribution in [0, 0.1) is 20.2 Å². The Labute approximate surface area is 274 Å². The number of hydrogen-bond acceptors (Lipinski definition) is 12. The van der Waals surface area contributed by atoms with Crippen molar-refractivity contribution in [1.82, 2.24) is 20.0 Å². The molecule has 2 saturated heterocycles. The van der Waals surface area contributed by atoms with E-state index in [1.807, 2.05) is 0 Å². The number of hydrogen-bond donors (Lipinski definition) is 3. The van der Waals surface area contributed by atoms with Crippen LogP contribution < -0.4 is 5.32 Å². The summed E-state index contributed by atoms with van der Waals surface area (Å²) in [5.41, 5.74) is 0.916. The highest BCUT2D eigenvalue weighted by molar-refractivity contribution is 7.81. The zero-order valence-electron chi connectivity index (χ0n) is 25.1. The Balaban J connectivity index is 1.17. The van der Waals surface area contributed by atoms with Crippen LogP contribution in [0.15, 0.2) is 48.5 Å². The van der Waals surface area contributed by atoms with Crippen LogP contribution in [0.25, 0.3) is 0 Å². The van der Waals surface area contributed by atoms with Gasteiger partial charge in [0.25, 0.3) is 17.3 Å². The Kier molecular flexibility index (Phi) is 11.9. The average Bonchev–Trinajstić information content (AvgIpc) is 3.47. The minimum atomic E-state index is -1.40. The summed E-state index contributed by atoms with van der Waals surface area (Å²) in [7, 11) is 0. The Bertz CT molecular complexity index is 1470. The number of ether oxygens (including phenoxy) is 2. The summed E-state index contributed by atoms with van der Waals surface area (Å²) in [6, 6.07) is 10.3. The summed E-state index contributed by atoms with van der Waals surface area (Å²) in [5, 5.41) is 34.1. The first-order valence-electron chi connectivity index (χ1n) is 14.7. The molecular weight excluding hydrogens is 640 g/mol. The molecule has 2 aliphatic heterocycles. The number of aliphatic hydroxyl groups is 1. The fourth-order valence-corrected chi connectivity index (χ4v) is 5.48. The summed E-state index contributed by atoms with van der Waals surface area (Å²) in [5.74, 6) is -0.858. The third-order valence-electron chi connectivity index (χ3n) is 7.70. The first-order chi connectivity index (χ1) is 22.4. The number of piperazine rings is 1. The van der Waals surface area contributed by atoms with Gasteiger partial charge >= 0.3 is 12.2 Å². The summed E-state index contributed by atoms with van der Waals surface area (Å²) in [6.45, 7) is 0.587. The maximum atomic E-state index is 13.4. The molecule has 3 atom stereocenters. The number of thiol groups is 1. The van der Waals surface area contributed by atoms with E-state index < -0.39 is 40.1 Å². The lowest BCUT2D eigenvalue weighted by molar-refractivity contribution is -0.385. The molecular formula is C29H34N6O11S. The molecule has 2 fully saturated rings. The van der Waals surface area contributed by atoms with E-state index >= 15 is 0 Å². The molecule has 47 heavy (non-hydrogen) atoms. The molecule has 2 N–H and O–H groups in total. The number of rotatable bonds is 11. The van der Waals surface area contributed by atoms with Gasteiger partial charge in [0.05, 0.1) is 9.85 Å². The summed E-state index contributed by atoms with van der Waals surface area (Å²) in [4.78, 5) is 75.8. The van der Waals surface area contributed by atoms with Gasteiger partial charge in [0, 0.05) is 68.8 Å². The molecule has 0 unspecified atom stereocenters. The van der Waals surface area contributed by atoms with Gasteiger partial charge < -0.3 is 29.7 Å². The van der Waals surface area contributed by atoms with E-state index in [-0.39, 0.29) is 81.4 Å². The number of carbonyl (C=O) groups is 4. The van der Waals surface area contributed by atoms with E-state index in [1.54, 1.807) is 4.90 Å². The number of benzene rings is 2. The number of likely N-dealkylation sites (tertiary alicyclic amines) is 1. The SMILES string of the molecule is O=C(NCC[C@H](O)C(=O)N1CCN(C(=O)[C@@H]2C[C@H](S)CN2C(=O)OCc2ccc([N+](=O)[O-])cc2)CC1)OCc1ccc([N+](=O)[O-])cc1. The molecule has 0 bridgehead atoms. The van der Waals surface area contributed by atoms with Gasteiger partial charge in [0.1, 0.15) is 25.4 Å². The maximum absolute atomic E-state index is 13.4. The lowest BCUT2D eigenvalue weighted by Crippen LogP contribution is -2.56. The van der Waals surface area contributed by atoms with Crippen molar-refractivity contribution in [1.29, 1.82) is 0 Å². The van der Waals surface area contributed by atoms with E-state index in [9.17, 15) is 44.5 Å². The van der Waals surface area contributed by atoms with Crippen molar-refractivity contribution in [2.75, 3.05) is 39.3 Å². The van der Waals surface area contributed by atoms with Gasteiger partial charge in [-0.2, -0.15) is 12.6 Å². The lowest BCUT2D eigenvalue weighted by atomic mass is 10.1. The standard InChI is InChI=1S/C29H34N6O11S/c36-25(9-10-30-28(39)45-17-19-1-5-21(6-2-19)34(41)42)27(38)32-13-11-31(12-14-32)26(37)24-15-23(47)16-33(24)29(40)46-18-20-3-7-22(8-4-20)35(43)44/h1-8,23-25,36,47H,9-18H2,(H,30,39)/t23-,24-,25-/m0/s1. The Morgan fingerprint density at radius 1 is 0.872 bits per heavy atom. The largest absolute Gasteiger partial charge is 0.445 e. The third-order valence-corrected chi connectivity index (χ3v) is 8.07. The van der Waals surface area contributed by atoms with E-state index in [2.05, 4.69) is 17.9 Å². The summed E-state index contributed by atoms with van der Waals surface area (Å²) >= 11 is 4.46. The first kappa shape index (κ1) is 34.9. The molecule has 2 aliphatic rings. The quantitative estimate of drug-likeness (QED) is 0.178. The Morgan fingerprint density at radius 3 is 1.91 bits per heavy atom. The third kappa shape index (κ3) is 9.52. The highest BCUT2D eigenvalue weighted by atomic mass is 32.1. The second-order valence-electron chi connectivity index (χ2n) is 10.9. The molecule has 18 heteroatoms. The Hall–Kier alpha value is -4.97. The monoisotopic (exact) mass is 674 g/mol. The van der Waals surface area contributed by atoms with Gasteiger partial charge in [-0.3, -0.25) is 34.7 Å². The van der Waals surface area contributed by atoms with Crippen LogP contribution >= 0.6 is 12.6 Å². The molecule has 0 spiro atoms. The number of nitro benzene ring substituents is 2. The molecule has 252 valence electrons. The van der Waals surface area contributed by atoms with E-state index in [1.165, 1.54) is 58.3 Å². The minimum Gasteiger partial charge on any atom is -0.445 e. The summed E-state index contributed by atoms with van der Waals surface area (Å²) < 4.78 is 10.4. The van der Waals surface area contributed by atoms with E-state index in [0.717, 1.165) is 0 Å². The van der Waals surface area contributed by atoms with Crippen molar-refractivity contribution < 1.29 is 43.6 Å². The van der Waals surface area contributed by atoms with E-state index in [0.29, 0.717) is 17.5 Å². The number of nitrogens with zero attached hydrogens (tertiary/aromatic N) is 5. The minimum absolute atomic E-state index is 0.0485. The van der Waals surface area contributed by atoms with Crippen LogP contribution in [0.3, 0.4) is 0 Å². The molecule has 0 radical (unpaired) electrons. The van der Waals surface area contributed by atoms with Crippen LogP contribution in [0.2, 0.25) is 0 Å². The van der Waals surface area contributed by atoms with Gasteiger partial charge in [-0.15, -0.1) is 0 Å². The van der Waals surface area contributed by atoms with Gasteiger partial charge in [-0.25, -0.2) is 9.59 Å². The fourth-order valence-electron chi connectivity index (χ4n) is 5.11. The fraction of sp³-hybridized carbons (Fsp3) is 0.448. The second kappa shape index (κ2) is 16.0. The number of nitrogens with one attached hydrogen (secondary N) is 1. The first-order valence-corrected chi connectivity index (χ1v) is 15.2. The zero-order valence-corrected chi connectivity index (χ0v) is 26.0. The van der Waals surface area contributed by atoms with Gasteiger partial charge in [0.2, 0.25) is 5.91 Å². The molecule has 4 rings (SSSR count). The molecule has 0 saturated carbocycles. The van der Waals surface area contributed by atoms with Crippen LogP contribution in [0.4, 0.5) is 21.0 Å². The van der Waals surface area contributed by atoms with Gasteiger partial charge in [-0.1, -0.05) is 0 Å². The molecule has 0 aliphatic carbocycles. The number of alkyl carbamates (subject to hydrolysis) is 1. The van der Waals surface area contributed by atoms with Crippen molar-refractivity contribution in [2.45, 2.75) is 43.5 Å². The molecule has 2 aromatic carbocycles. The van der Waals surface area contributed by atoms with Crippen molar-refractivity contribution in [3.05, 3.63) is 79.9 Å². The van der Waals surface area contributed by atoms with Crippen molar-refractivity contribution in [2.24, 2.45) is 0 Å². The predicted molar refractivity (Wildman–Crippen MR) is 166 cm³/mol. The number of aliphatic hydroxyl groups excluding tert-OH is 1. The lowest BCUT2D eigenvalue weighted by Gasteiger charge is -2.37. The number of amides is 4. The van der Waals surface area contributed by atoms with Crippen molar-refractivity contribution >= 4 is 48.0 Å². The molecule has 2 heterocycles. The highest BCUT2D eigenvalue weighted by Crippen LogP contribution is 2.25.